The van der Waals surface area contributed by atoms with Gasteiger partial charge in [-0.3, -0.25) is 0 Å². The van der Waals surface area contributed by atoms with Crippen LogP contribution in [0.1, 0.15) is 43.7 Å². The van der Waals surface area contributed by atoms with Crippen LogP contribution in [0.15, 0.2) is 78.9 Å². The van der Waals surface area contributed by atoms with Crippen LogP contribution in [0.4, 0.5) is 11.4 Å². The maximum atomic E-state index is 13.4. The van der Waals surface area contributed by atoms with Crippen molar-refractivity contribution < 1.29 is 14.3 Å². The summed E-state index contributed by atoms with van der Waals surface area (Å²) in [5.74, 6) is 1.06. The summed E-state index contributed by atoms with van der Waals surface area (Å²) < 4.78 is 12.6. The molecule has 0 amide bonds. The standard InChI is InChI=1S/C29H23NO3/c1-17-12-13-18(2)23(16-17)30-22-15-14-19(3)26-27(22)29(33-28(26)31)20-8-4-6-10-24(20)32-25-11-7-5-9-21(25)29/h4-16,30H,1-3H3. The molecule has 1 spiro atoms. The van der Waals surface area contributed by atoms with E-state index in [4.69, 9.17) is 9.47 Å². The molecule has 4 aromatic rings. The molecule has 0 fully saturated rings. The lowest BCUT2D eigenvalue weighted by Gasteiger charge is -2.37. The quantitative estimate of drug-likeness (QED) is 0.349. The lowest BCUT2D eigenvalue weighted by atomic mass is 9.76. The first kappa shape index (κ1) is 19.6. The van der Waals surface area contributed by atoms with Gasteiger partial charge in [0.25, 0.3) is 0 Å². The Morgan fingerprint density at radius 2 is 1.36 bits per heavy atom. The van der Waals surface area contributed by atoms with Crippen LogP contribution in [0.3, 0.4) is 0 Å². The lowest BCUT2D eigenvalue weighted by Crippen LogP contribution is -2.33. The number of esters is 1. The topological polar surface area (TPSA) is 47.6 Å². The zero-order chi connectivity index (χ0) is 22.7. The van der Waals surface area contributed by atoms with E-state index < -0.39 is 5.60 Å². The van der Waals surface area contributed by atoms with Crippen LogP contribution in [0.25, 0.3) is 0 Å². The van der Waals surface area contributed by atoms with E-state index in [1.165, 1.54) is 0 Å². The zero-order valence-corrected chi connectivity index (χ0v) is 18.7. The number of hydrogen-bond donors (Lipinski definition) is 1. The molecule has 2 aliphatic heterocycles. The number of hydrogen-bond acceptors (Lipinski definition) is 4. The third kappa shape index (κ3) is 2.74. The number of benzene rings is 4. The predicted molar refractivity (Wildman–Crippen MR) is 129 cm³/mol. The molecule has 33 heavy (non-hydrogen) atoms. The van der Waals surface area contributed by atoms with Crippen LogP contribution in [-0.2, 0) is 10.3 Å². The van der Waals surface area contributed by atoms with Crippen LogP contribution in [0, 0.1) is 20.8 Å². The van der Waals surface area contributed by atoms with E-state index in [-0.39, 0.29) is 5.97 Å². The SMILES string of the molecule is Cc1ccc(C)c(Nc2ccc(C)c3c2C2(OC3=O)c3ccccc3Oc3ccccc32)c1. The molecule has 4 nitrogen and oxygen atoms in total. The van der Waals surface area contributed by atoms with E-state index in [9.17, 15) is 4.79 Å². The van der Waals surface area contributed by atoms with Gasteiger partial charge in [-0.1, -0.05) is 54.6 Å². The number of rotatable bonds is 2. The third-order valence-electron chi connectivity index (χ3n) is 6.63. The summed E-state index contributed by atoms with van der Waals surface area (Å²) in [6.45, 7) is 6.11. The molecule has 162 valence electrons. The molecule has 0 unspecified atom stereocenters. The Morgan fingerprint density at radius 1 is 0.727 bits per heavy atom. The number of anilines is 2. The Balaban J connectivity index is 1.68. The van der Waals surface area contributed by atoms with Crippen LogP contribution in [0.5, 0.6) is 11.5 Å². The minimum atomic E-state index is -1.09. The smallest absolute Gasteiger partial charge is 0.340 e. The highest BCUT2D eigenvalue weighted by Gasteiger charge is 2.55. The van der Waals surface area contributed by atoms with Crippen LogP contribution in [-0.4, -0.2) is 5.97 Å². The summed E-state index contributed by atoms with van der Waals surface area (Å²) in [7, 11) is 0. The lowest BCUT2D eigenvalue weighted by molar-refractivity contribution is 0.0225. The zero-order valence-electron chi connectivity index (χ0n) is 18.7. The number of carbonyl (C=O) groups excluding carboxylic acids is 1. The number of nitrogens with one attached hydrogen (secondary N) is 1. The molecule has 6 rings (SSSR count). The average molecular weight is 434 g/mol. The summed E-state index contributed by atoms with van der Waals surface area (Å²) in [6.07, 6.45) is 0. The van der Waals surface area contributed by atoms with Gasteiger partial charge in [-0.2, -0.15) is 0 Å². The molecule has 0 bridgehead atoms. The Hall–Kier alpha value is -4.05. The van der Waals surface area contributed by atoms with Gasteiger partial charge in [0.2, 0.25) is 0 Å². The molecule has 2 aliphatic rings. The van der Waals surface area contributed by atoms with Gasteiger partial charge in [0, 0.05) is 28.1 Å². The monoisotopic (exact) mass is 433 g/mol. The second-order valence-electron chi connectivity index (χ2n) is 8.79. The molecule has 4 heteroatoms. The molecule has 0 radical (unpaired) electrons. The first-order valence-corrected chi connectivity index (χ1v) is 11.1. The van der Waals surface area contributed by atoms with Gasteiger partial charge in [0.1, 0.15) is 11.5 Å². The highest BCUT2D eigenvalue weighted by Crippen LogP contribution is 2.58. The first-order chi connectivity index (χ1) is 16.0. The fourth-order valence-corrected chi connectivity index (χ4v) is 5.03. The molecule has 0 saturated heterocycles. The fraction of sp³-hybridized carbons (Fsp3) is 0.138. The Bertz CT molecular complexity index is 1410. The number of aryl methyl sites for hydroxylation is 3. The van der Waals surface area contributed by atoms with Gasteiger partial charge in [-0.15, -0.1) is 0 Å². The summed E-state index contributed by atoms with van der Waals surface area (Å²) in [4.78, 5) is 13.4. The Kier molecular flexibility index (Phi) is 4.15. The average Bonchev–Trinajstić information content (AvgIpc) is 3.13. The van der Waals surface area contributed by atoms with E-state index in [0.29, 0.717) is 17.1 Å². The maximum Gasteiger partial charge on any atom is 0.340 e. The first-order valence-electron chi connectivity index (χ1n) is 11.1. The van der Waals surface area contributed by atoms with Crippen molar-refractivity contribution in [2.75, 3.05) is 5.32 Å². The summed E-state index contributed by atoms with van der Waals surface area (Å²) >= 11 is 0. The molecule has 0 saturated carbocycles. The Labute approximate surface area is 192 Å². The van der Waals surface area contributed by atoms with Crippen LogP contribution < -0.4 is 10.1 Å². The second kappa shape index (κ2) is 6.97. The van der Waals surface area contributed by atoms with E-state index >= 15 is 0 Å². The fourth-order valence-electron chi connectivity index (χ4n) is 5.03. The Morgan fingerprint density at radius 3 is 2.06 bits per heavy atom. The minimum Gasteiger partial charge on any atom is -0.456 e. The molecular formula is C29H23NO3. The summed E-state index contributed by atoms with van der Waals surface area (Å²) in [6, 6.07) is 25.9. The summed E-state index contributed by atoms with van der Waals surface area (Å²) in [5.41, 5.74) is 7.02. The van der Waals surface area contributed by atoms with Gasteiger partial charge in [0.05, 0.1) is 5.56 Å². The van der Waals surface area contributed by atoms with Gasteiger partial charge in [0.15, 0.2) is 5.60 Å². The third-order valence-corrected chi connectivity index (χ3v) is 6.63. The highest BCUT2D eigenvalue weighted by molar-refractivity contribution is 6.01. The van der Waals surface area contributed by atoms with Gasteiger partial charge in [-0.05, 0) is 61.7 Å². The van der Waals surface area contributed by atoms with Crippen LogP contribution in [0.2, 0.25) is 0 Å². The second-order valence-corrected chi connectivity index (χ2v) is 8.79. The predicted octanol–water partition coefficient (Wildman–Crippen LogP) is 6.92. The van der Waals surface area contributed by atoms with Crippen molar-refractivity contribution in [3.05, 3.63) is 118 Å². The van der Waals surface area contributed by atoms with Crippen molar-refractivity contribution >= 4 is 17.3 Å². The van der Waals surface area contributed by atoms with Crippen molar-refractivity contribution in [3.63, 3.8) is 0 Å². The summed E-state index contributed by atoms with van der Waals surface area (Å²) in [5, 5.41) is 3.62. The van der Waals surface area contributed by atoms with Crippen molar-refractivity contribution in [1.82, 2.24) is 0 Å². The van der Waals surface area contributed by atoms with Gasteiger partial charge >= 0.3 is 5.97 Å². The van der Waals surface area contributed by atoms with Gasteiger partial charge in [-0.25, -0.2) is 4.79 Å². The number of fused-ring (bicyclic) bond motifs is 6. The van der Waals surface area contributed by atoms with Crippen molar-refractivity contribution in [1.29, 1.82) is 0 Å². The van der Waals surface area contributed by atoms with E-state index in [2.05, 4.69) is 37.4 Å². The van der Waals surface area contributed by atoms with Crippen molar-refractivity contribution in [2.24, 2.45) is 0 Å². The number of ether oxygens (including phenoxy) is 2. The molecule has 4 aromatic carbocycles. The van der Waals surface area contributed by atoms with E-state index in [0.717, 1.165) is 44.8 Å². The molecule has 0 aliphatic carbocycles. The molecule has 0 atom stereocenters. The molecule has 1 N–H and O–H groups in total. The van der Waals surface area contributed by atoms with Crippen molar-refractivity contribution in [2.45, 2.75) is 26.4 Å². The number of para-hydroxylation sites is 2. The largest absolute Gasteiger partial charge is 0.456 e. The normalized spacial score (nSPS) is 14.7. The van der Waals surface area contributed by atoms with E-state index in [1.807, 2.05) is 67.6 Å². The molecule has 0 aromatic heterocycles. The van der Waals surface area contributed by atoms with Crippen molar-refractivity contribution in [3.8, 4) is 11.5 Å². The van der Waals surface area contributed by atoms with Crippen LogP contribution >= 0.6 is 0 Å². The minimum absolute atomic E-state index is 0.321. The van der Waals surface area contributed by atoms with E-state index in [1.54, 1.807) is 0 Å². The highest BCUT2D eigenvalue weighted by atomic mass is 16.6. The van der Waals surface area contributed by atoms with Gasteiger partial charge < -0.3 is 14.8 Å². The number of carbonyl (C=O) groups is 1. The molecular weight excluding hydrogens is 410 g/mol. The molecule has 2 heterocycles. The maximum absolute atomic E-state index is 13.4.